The molecular weight excluding hydrogens is 298 g/mol. The quantitative estimate of drug-likeness (QED) is 0.643. The number of amides is 1. The van der Waals surface area contributed by atoms with Gasteiger partial charge in [-0.2, -0.15) is 0 Å². The fourth-order valence-electron chi connectivity index (χ4n) is 2.87. The molecule has 1 fully saturated rings. The maximum Gasteiger partial charge on any atom is 0.271 e. The van der Waals surface area contributed by atoms with Gasteiger partial charge in [0.1, 0.15) is 5.75 Å². The molecule has 1 amide bonds. The SMILES string of the molecule is COc1ccc([N+](=O)[O-])cc1NC(=O)CCN1CCC[C@@H](C)C1. The van der Waals surface area contributed by atoms with Crippen LogP contribution in [0.2, 0.25) is 0 Å². The van der Waals surface area contributed by atoms with Crippen molar-refractivity contribution in [2.75, 3.05) is 32.1 Å². The molecule has 1 saturated heterocycles. The third-order valence-electron chi connectivity index (χ3n) is 4.06. The Labute approximate surface area is 135 Å². The molecule has 0 aromatic heterocycles. The van der Waals surface area contributed by atoms with Crippen LogP contribution < -0.4 is 10.1 Å². The molecule has 0 radical (unpaired) electrons. The van der Waals surface area contributed by atoms with Crippen molar-refractivity contribution in [1.82, 2.24) is 4.90 Å². The fourth-order valence-corrected chi connectivity index (χ4v) is 2.87. The maximum absolute atomic E-state index is 12.1. The van der Waals surface area contributed by atoms with E-state index < -0.39 is 4.92 Å². The van der Waals surface area contributed by atoms with E-state index in [1.165, 1.54) is 38.2 Å². The van der Waals surface area contributed by atoms with Gasteiger partial charge in [0.2, 0.25) is 5.91 Å². The van der Waals surface area contributed by atoms with Gasteiger partial charge >= 0.3 is 0 Å². The average molecular weight is 321 g/mol. The van der Waals surface area contributed by atoms with Gasteiger partial charge in [-0.1, -0.05) is 6.92 Å². The Balaban J connectivity index is 1.93. The molecule has 7 heteroatoms. The topological polar surface area (TPSA) is 84.7 Å². The number of benzene rings is 1. The van der Waals surface area contributed by atoms with Gasteiger partial charge in [-0.3, -0.25) is 14.9 Å². The summed E-state index contributed by atoms with van der Waals surface area (Å²) in [5.74, 6) is 0.918. The smallest absolute Gasteiger partial charge is 0.271 e. The van der Waals surface area contributed by atoms with Gasteiger partial charge in [0.25, 0.3) is 5.69 Å². The van der Waals surface area contributed by atoms with E-state index in [4.69, 9.17) is 4.74 Å². The van der Waals surface area contributed by atoms with E-state index in [-0.39, 0.29) is 11.6 Å². The van der Waals surface area contributed by atoms with Gasteiger partial charge < -0.3 is 15.0 Å². The predicted molar refractivity (Wildman–Crippen MR) is 87.7 cm³/mol. The number of piperidine rings is 1. The number of hydrogen-bond acceptors (Lipinski definition) is 5. The molecule has 0 spiro atoms. The summed E-state index contributed by atoms with van der Waals surface area (Å²) in [6.07, 6.45) is 2.77. The molecule has 0 saturated carbocycles. The number of methoxy groups -OCH3 is 1. The lowest BCUT2D eigenvalue weighted by atomic mass is 10.0. The predicted octanol–water partition coefficient (Wildman–Crippen LogP) is 2.66. The number of anilines is 1. The van der Waals surface area contributed by atoms with Crippen LogP contribution >= 0.6 is 0 Å². The number of ether oxygens (including phenoxy) is 1. The van der Waals surface area contributed by atoms with Crippen LogP contribution in [0.15, 0.2) is 18.2 Å². The monoisotopic (exact) mass is 321 g/mol. The number of nitro benzene ring substituents is 1. The van der Waals surface area contributed by atoms with Gasteiger partial charge in [-0.05, 0) is 31.4 Å². The minimum absolute atomic E-state index is 0.0778. The zero-order valence-corrected chi connectivity index (χ0v) is 13.6. The highest BCUT2D eigenvalue weighted by molar-refractivity contribution is 5.92. The summed E-state index contributed by atoms with van der Waals surface area (Å²) >= 11 is 0. The highest BCUT2D eigenvalue weighted by Crippen LogP contribution is 2.29. The molecule has 126 valence electrons. The van der Waals surface area contributed by atoms with Crippen molar-refractivity contribution in [2.45, 2.75) is 26.2 Å². The number of likely N-dealkylation sites (tertiary alicyclic amines) is 1. The third-order valence-corrected chi connectivity index (χ3v) is 4.06. The van der Waals surface area contributed by atoms with Gasteiger partial charge in [0, 0.05) is 31.6 Å². The first kappa shape index (κ1) is 17.2. The summed E-state index contributed by atoms with van der Waals surface area (Å²) < 4.78 is 5.14. The molecule has 7 nitrogen and oxygen atoms in total. The van der Waals surface area contributed by atoms with Crippen molar-refractivity contribution >= 4 is 17.3 Å². The number of carbonyl (C=O) groups excluding carboxylic acids is 1. The summed E-state index contributed by atoms with van der Waals surface area (Å²) in [6.45, 7) is 4.97. The summed E-state index contributed by atoms with van der Waals surface area (Å²) in [6, 6.07) is 4.16. The first-order valence-electron chi connectivity index (χ1n) is 7.84. The second-order valence-electron chi connectivity index (χ2n) is 5.99. The van der Waals surface area contributed by atoms with Crippen LogP contribution in [0.1, 0.15) is 26.2 Å². The van der Waals surface area contributed by atoms with E-state index in [0.717, 1.165) is 13.1 Å². The van der Waals surface area contributed by atoms with Crippen LogP contribution in [0, 0.1) is 16.0 Å². The molecule has 0 aliphatic carbocycles. The second-order valence-corrected chi connectivity index (χ2v) is 5.99. The molecule has 1 atom stereocenters. The molecule has 0 bridgehead atoms. The number of rotatable bonds is 6. The molecular formula is C16H23N3O4. The van der Waals surface area contributed by atoms with Gasteiger partial charge in [0.05, 0.1) is 17.7 Å². The number of nitro groups is 1. The zero-order valence-electron chi connectivity index (χ0n) is 13.6. The van der Waals surface area contributed by atoms with Gasteiger partial charge in [-0.15, -0.1) is 0 Å². The van der Waals surface area contributed by atoms with E-state index in [1.54, 1.807) is 0 Å². The Morgan fingerprint density at radius 2 is 2.30 bits per heavy atom. The number of nitrogens with one attached hydrogen (secondary N) is 1. The first-order valence-corrected chi connectivity index (χ1v) is 7.84. The Hall–Kier alpha value is -2.15. The Bertz CT molecular complexity index is 576. The molecule has 0 unspecified atom stereocenters. The van der Waals surface area contributed by atoms with Crippen molar-refractivity contribution in [1.29, 1.82) is 0 Å². The van der Waals surface area contributed by atoms with Crippen LogP contribution in [0.25, 0.3) is 0 Å². The van der Waals surface area contributed by atoms with Crippen LogP contribution in [0.3, 0.4) is 0 Å². The summed E-state index contributed by atoms with van der Waals surface area (Å²) in [7, 11) is 1.46. The minimum atomic E-state index is -0.496. The second kappa shape index (κ2) is 7.92. The van der Waals surface area contributed by atoms with Crippen molar-refractivity contribution < 1.29 is 14.5 Å². The number of nitrogens with zero attached hydrogens (tertiary/aromatic N) is 2. The van der Waals surface area contributed by atoms with Crippen molar-refractivity contribution in [3.8, 4) is 5.75 Å². The Kier molecular flexibility index (Phi) is 5.92. The maximum atomic E-state index is 12.1. The molecule has 23 heavy (non-hydrogen) atoms. The summed E-state index contributed by atoms with van der Waals surface area (Å²) in [5, 5.41) is 13.6. The van der Waals surface area contributed by atoms with Crippen LogP contribution in [-0.2, 0) is 4.79 Å². The zero-order chi connectivity index (χ0) is 16.8. The molecule has 1 aliphatic heterocycles. The van der Waals surface area contributed by atoms with E-state index in [9.17, 15) is 14.9 Å². The molecule has 1 aliphatic rings. The lowest BCUT2D eigenvalue weighted by Crippen LogP contribution is -2.36. The van der Waals surface area contributed by atoms with Crippen LogP contribution in [0.4, 0.5) is 11.4 Å². The van der Waals surface area contributed by atoms with Crippen LogP contribution in [-0.4, -0.2) is 42.5 Å². The summed E-state index contributed by atoms with van der Waals surface area (Å²) in [5.41, 5.74) is 0.254. The number of carbonyl (C=O) groups is 1. The van der Waals surface area contributed by atoms with Crippen molar-refractivity contribution in [2.24, 2.45) is 5.92 Å². The Morgan fingerprint density at radius 1 is 1.52 bits per heavy atom. The normalized spacial score (nSPS) is 18.4. The average Bonchev–Trinajstić information content (AvgIpc) is 2.53. The molecule has 2 rings (SSSR count). The highest BCUT2D eigenvalue weighted by Gasteiger charge is 2.18. The van der Waals surface area contributed by atoms with E-state index in [1.807, 2.05) is 0 Å². The van der Waals surface area contributed by atoms with E-state index >= 15 is 0 Å². The van der Waals surface area contributed by atoms with E-state index in [0.29, 0.717) is 30.3 Å². The van der Waals surface area contributed by atoms with Gasteiger partial charge in [0.15, 0.2) is 0 Å². The standard InChI is InChI=1S/C16H23N3O4/c1-12-4-3-8-18(11-12)9-7-16(20)17-14-10-13(19(21)22)5-6-15(14)23-2/h5-6,10,12H,3-4,7-9,11H2,1-2H3,(H,17,20)/t12-/m1/s1. The minimum Gasteiger partial charge on any atom is -0.495 e. The molecule has 1 N–H and O–H groups in total. The Morgan fingerprint density at radius 3 is 2.96 bits per heavy atom. The van der Waals surface area contributed by atoms with Gasteiger partial charge in [-0.25, -0.2) is 0 Å². The lowest BCUT2D eigenvalue weighted by molar-refractivity contribution is -0.384. The van der Waals surface area contributed by atoms with Crippen LogP contribution in [0.5, 0.6) is 5.75 Å². The first-order chi connectivity index (χ1) is 11.0. The number of hydrogen-bond donors (Lipinski definition) is 1. The number of non-ortho nitro benzene ring substituents is 1. The summed E-state index contributed by atoms with van der Waals surface area (Å²) in [4.78, 5) is 24.8. The van der Waals surface area contributed by atoms with E-state index in [2.05, 4.69) is 17.1 Å². The largest absolute Gasteiger partial charge is 0.495 e. The van der Waals surface area contributed by atoms with Crippen molar-refractivity contribution in [3.05, 3.63) is 28.3 Å². The molecule has 1 aromatic rings. The van der Waals surface area contributed by atoms with Crippen molar-refractivity contribution in [3.63, 3.8) is 0 Å². The lowest BCUT2D eigenvalue weighted by Gasteiger charge is -2.30. The third kappa shape index (κ3) is 4.92. The highest BCUT2D eigenvalue weighted by atomic mass is 16.6. The fraction of sp³-hybridized carbons (Fsp3) is 0.562. The molecule has 1 heterocycles. The molecule has 1 aromatic carbocycles.